The molecular formula is C21H28N6O. The van der Waals surface area contributed by atoms with Crippen LogP contribution in [-0.4, -0.2) is 33.6 Å². The van der Waals surface area contributed by atoms with E-state index in [9.17, 15) is 0 Å². The zero-order valence-electron chi connectivity index (χ0n) is 16.2. The first-order valence-corrected chi connectivity index (χ1v) is 10.2. The monoisotopic (exact) mass is 380 g/mol. The van der Waals surface area contributed by atoms with Gasteiger partial charge >= 0.3 is 0 Å². The third kappa shape index (κ3) is 4.91. The van der Waals surface area contributed by atoms with E-state index in [-0.39, 0.29) is 0 Å². The Morgan fingerprint density at radius 1 is 1.11 bits per heavy atom. The highest BCUT2D eigenvalue weighted by Crippen LogP contribution is 2.22. The lowest BCUT2D eigenvalue weighted by atomic mass is 9.89. The summed E-state index contributed by atoms with van der Waals surface area (Å²) < 4.78 is 7.39. The van der Waals surface area contributed by atoms with Gasteiger partial charge in [-0.05, 0) is 43.0 Å². The predicted molar refractivity (Wildman–Crippen MR) is 109 cm³/mol. The average molecular weight is 380 g/mol. The standard InChI is InChI=1S/C21H28N6O/c1-2-7-17(8-3-1)15-23-21(22-12-11-18-9-6-14-28-18)24-16-20-26-25-19-10-4-5-13-27(19)20/h4-6,9-10,13-14,17H,1-3,7-8,11-12,15-16H2,(H2,22,23,24). The summed E-state index contributed by atoms with van der Waals surface area (Å²) in [4.78, 5) is 4.76. The quantitative estimate of drug-likeness (QED) is 0.486. The van der Waals surface area contributed by atoms with Crippen molar-refractivity contribution in [2.24, 2.45) is 10.9 Å². The van der Waals surface area contributed by atoms with E-state index in [2.05, 4.69) is 20.8 Å². The Hall–Kier alpha value is -2.83. The molecule has 0 radical (unpaired) electrons. The number of rotatable bonds is 7. The molecule has 28 heavy (non-hydrogen) atoms. The van der Waals surface area contributed by atoms with E-state index in [4.69, 9.17) is 9.41 Å². The van der Waals surface area contributed by atoms with Crippen LogP contribution in [0.25, 0.3) is 5.65 Å². The van der Waals surface area contributed by atoms with Crippen LogP contribution in [0.3, 0.4) is 0 Å². The Labute approximate surface area is 165 Å². The molecule has 2 N–H and O–H groups in total. The van der Waals surface area contributed by atoms with Gasteiger partial charge in [0.25, 0.3) is 0 Å². The fourth-order valence-electron chi connectivity index (χ4n) is 3.71. The molecule has 1 saturated carbocycles. The number of nitrogens with zero attached hydrogens (tertiary/aromatic N) is 4. The lowest BCUT2D eigenvalue weighted by Crippen LogP contribution is -2.41. The van der Waals surface area contributed by atoms with Crippen LogP contribution in [0.15, 0.2) is 52.2 Å². The number of nitrogens with one attached hydrogen (secondary N) is 2. The maximum atomic E-state index is 5.42. The predicted octanol–water partition coefficient (Wildman–Crippen LogP) is 3.18. The Bertz CT molecular complexity index is 879. The molecule has 1 fully saturated rings. The molecule has 7 nitrogen and oxygen atoms in total. The van der Waals surface area contributed by atoms with Crippen LogP contribution in [0.5, 0.6) is 0 Å². The van der Waals surface area contributed by atoms with Crippen molar-refractivity contribution in [2.45, 2.75) is 45.1 Å². The highest BCUT2D eigenvalue weighted by atomic mass is 16.3. The first-order valence-electron chi connectivity index (χ1n) is 10.2. The second-order valence-electron chi connectivity index (χ2n) is 7.35. The molecular weight excluding hydrogens is 352 g/mol. The molecule has 4 rings (SSSR count). The van der Waals surface area contributed by atoms with E-state index in [1.54, 1.807) is 6.26 Å². The Balaban J connectivity index is 1.38. The van der Waals surface area contributed by atoms with E-state index >= 15 is 0 Å². The van der Waals surface area contributed by atoms with Gasteiger partial charge in [0.05, 0.1) is 6.26 Å². The van der Waals surface area contributed by atoms with Crippen molar-refractivity contribution >= 4 is 11.6 Å². The molecule has 1 aliphatic rings. The van der Waals surface area contributed by atoms with E-state index in [0.29, 0.717) is 6.54 Å². The van der Waals surface area contributed by atoms with Crippen LogP contribution in [0.1, 0.15) is 43.7 Å². The molecule has 3 aromatic heterocycles. The Morgan fingerprint density at radius 3 is 2.89 bits per heavy atom. The molecule has 1 aliphatic carbocycles. The maximum Gasteiger partial charge on any atom is 0.191 e. The van der Waals surface area contributed by atoms with Gasteiger partial charge in [-0.1, -0.05) is 25.3 Å². The smallest absolute Gasteiger partial charge is 0.191 e. The number of pyridine rings is 1. The minimum atomic E-state index is 0.478. The van der Waals surface area contributed by atoms with Crippen LogP contribution in [0, 0.1) is 5.92 Å². The molecule has 0 unspecified atom stereocenters. The van der Waals surface area contributed by atoms with Crippen molar-refractivity contribution in [3.05, 3.63) is 54.4 Å². The zero-order valence-corrected chi connectivity index (χ0v) is 16.2. The van der Waals surface area contributed by atoms with E-state index in [1.807, 2.05) is 40.9 Å². The van der Waals surface area contributed by atoms with Crippen molar-refractivity contribution in [1.82, 2.24) is 25.2 Å². The molecule has 148 valence electrons. The first-order chi connectivity index (χ1) is 13.9. The Kier molecular flexibility index (Phi) is 6.22. The van der Waals surface area contributed by atoms with Gasteiger partial charge in [0.2, 0.25) is 0 Å². The maximum absolute atomic E-state index is 5.42. The molecule has 7 heteroatoms. The van der Waals surface area contributed by atoms with Crippen LogP contribution < -0.4 is 10.6 Å². The highest BCUT2D eigenvalue weighted by Gasteiger charge is 2.14. The van der Waals surface area contributed by atoms with Crippen molar-refractivity contribution in [3.8, 4) is 0 Å². The Morgan fingerprint density at radius 2 is 2.04 bits per heavy atom. The van der Waals surface area contributed by atoms with Gasteiger partial charge in [0.15, 0.2) is 17.4 Å². The van der Waals surface area contributed by atoms with Crippen LogP contribution in [0.2, 0.25) is 0 Å². The number of fused-ring (bicyclic) bond motifs is 1. The molecule has 0 saturated heterocycles. The van der Waals surface area contributed by atoms with Crippen LogP contribution in [-0.2, 0) is 13.0 Å². The molecule has 0 aromatic carbocycles. The number of hydrogen-bond donors (Lipinski definition) is 2. The van der Waals surface area contributed by atoms with Gasteiger partial charge in [-0.3, -0.25) is 4.40 Å². The van der Waals surface area contributed by atoms with Gasteiger partial charge in [-0.15, -0.1) is 10.2 Å². The van der Waals surface area contributed by atoms with Crippen molar-refractivity contribution in [2.75, 3.05) is 13.1 Å². The second kappa shape index (κ2) is 9.39. The summed E-state index contributed by atoms with van der Waals surface area (Å²) in [5.41, 5.74) is 0.843. The van der Waals surface area contributed by atoms with Gasteiger partial charge < -0.3 is 15.1 Å². The molecule has 0 aliphatic heterocycles. The number of aromatic nitrogens is 3. The van der Waals surface area contributed by atoms with Gasteiger partial charge in [-0.2, -0.15) is 0 Å². The fourth-order valence-corrected chi connectivity index (χ4v) is 3.71. The topological polar surface area (TPSA) is 79.8 Å². The summed E-state index contributed by atoms with van der Waals surface area (Å²) in [6, 6.07) is 9.81. The number of guanidine groups is 1. The van der Waals surface area contributed by atoms with Gasteiger partial charge in [0.1, 0.15) is 12.3 Å². The van der Waals surface area contributed by atoms with E-state index in [0.717, 1.165) is 48.6 Å². The van der Waals surface area contributed by atoms with Crippen molar-refractivity contribution in [3.63, 3.8) is 0 Å². The summed E-state index contributed by atoms with van der Waals surface area (Å²) in [7, 11) is 0. The average Bonchev–Trinajstić information content (AvgIpc) is 3.40. The normalized spacial score (nSPS) is 15.8. The largest absolute Gasteiger partial charge is 0.469 e. The molecule has 3 aromatic rings. The van der Waals surface area contributed by atoms with E-state index < -0.39 is 0 Å². The summed E-state index contributed by atoms with van der Waals surface area (Å²) >= 11 is 0. The minimum absolute atomic E-state index is 0.478. The summed E-state index contributed by atoms with van der Waals surface area (Å²) in [6.07, 6.45) is 11.2. The highest BCUT2D eigenvalue weighted by molar-refractivity contribution is 5.79. The fraction of sp³-hybridized carbons (Fsp3) is 0.476. The molecule has 0 bridgehead atoms. The zero-order chi connectivity index (χ0) is 19.0. The first kappa shape index (κ1) is 18.5. The van der Waals surface area contributed by atoms with Crippen LogP contribution >= 0.6 is 0 Å². The lowest BCUT2D eigenvalue weighted by Gasteiger charge is -2.23. The lowest BCUT2D eigenvalue weighted by molar-refractivity contribution is 0.355. The third-order valence-electron chi connectivity index (χ3n) is 5.29. The third-order valence-corrected chi connectivity index (χ3v) is 5.29. The number of furan rings is 1. The van der Waals surface area contributed by atoms with Crippen molar-refractivity contribution in [1.29, 1.82) is 0 Å². The van der Waals surface area contributed by atoms with Gasteiger partial charge in [-0.25, -0.2) is 4.99 Å². The number of aliphatic imine (C=N–C) groups is 1. The van der Waals surface area contributed by atoms with Crippen LogP contribution in [0.4, 0.5) is 0 Å². The molecule has 0 spiro atoms. The summed E-state index contributed by atoms with van der Waals surface area (Å²) in [6.45, 7) is 2.21. The second-order valence-corrected chi connectivity index (χ2v) is 7.35. The SMILES string of the molecule is c1coc(CCNC(=NCc2nnc3ccccn23)NCC2CCCCC2)c1. The summed E-state index contributed by atoms with van der Waals surface area (Å²) in [5, 5.41) is 15.4. The minimum Gasteiger partial charge on any atom is -0.469 e. The summed E-state index contributed by atoms with van der Waals surface area (Å²) in [5.74, 6) is 3.37. The molecule has 0 amide bonds. The van der Waals surface area contributed by atoms with E-state index in [1.165, 1.54) is 32.1 Å². The molecule has 0 atom stereocenters. The van der Waals surface area contributed by atoms with Crippen molar-refractivity contribution < 1.29 is 4.42 Å². The molecule has 3 heterocycles. The van der Waals surface area contributed by atoms with Gasteiger partial charge in [0, 0.05) is 25.7 Å². The number of hydrogen-bond acceptors (Lipinski definition) is 4.